The van der Waals surface area contributed by atoms with E-state index in [9.17, 15) is 4.79 Å². The van der Waals surface area contributed by atoms with Crippen LogP contribution in [0.4, 0.5) is 5.69 Å². The van der Waals surface area contributed by atoms with Gasteiger partial charge in [0.25, 0.3) is 5.56 Å². The molecule has 188 valence electrons. The summed E-state index contributed by atoms with van der Waals surface area (Å²) in [5, 5.41) is 13.5. The molecule has 0 aliphatic carbocycles. The number of nitrogens with one attached hydrogen (secondary N) is 1. The number of aromatic amines is 1. The van der Waals surface area contributed by atoms with E-state index in [1.54, 1.807) is 18.9 Å². The van der Waals surface area contributed by atoms with Gasteiger partial charge in [-0.15, -0.1) is 5.10 Å². The van der Waals surface area contributed by atoms with Gasteiger partial charge in [-0.2, -0.15) is 0 Å². The summed E-state index contributed by atoms with van der Waals surface area (Å²) in [6.07, 6.45) is 0. The van der Waals surface area contributed by atoms with E-state index in [4.69, 9.17) is 9.47 Å². The topological polar surface area (TPSA) is 101 Å². The smallest absolute Gasteiger partial charge is 0.253 e. The Morgan fingerprint density at radius 1 is 1.06 bits per heavy atom. The summed E-state index contributed by atoms with van der Waals surface area (Å²) < 4.78 is 12.6. The fourth-order valence-corrected chi connectivity index (χ4v) is 4.89. The minimum Gasteiger partial charge on any atom is -0.495 e. The molecule has 1 aliphatic heterocycles. The van der Waals surface area contributed by atoms with Gasteiger partial charge >= 0.3 is 0 Å². The van der Waals surface area contributed by atoms with Gasteiger partial charge < -0.3 is 19.4 Å². The second-order valence-corrected chi connectivity index (χ2v) is 8.99. The molecule has 0 amide bonds. The van der Waals surface area contributed by atoms with Crippen LogP contribution in [0.1, 0.15) is 23.0 Å². The fourth-order valence-electron chi connectivity index (χ4n) is 4.89. The first-order valence-corrected chi connectivity index (χ1v) is 12.1. The van der Waals surface area contributed by atoms with Crippen LogP contribution in [-0.4, -0.2) is 77.1 Å². The average Bonchev–Trinajstić information content (AvgIpc) is 3.36. The maximum absolute atomic E-state index is 13.4. The highest BCUT2D eigenvalue weighted by molar-refractivity contribution is 5.79. The van der Waals surface area contributed by atoms with Crippen molar-refractivity contribution in [3.05, 3.63) is 75.8 Å². The summed E-state index contributed by atoms with van der Waals surface area (Å²) in [6.45, 7) is 6.00. The van der Waals surface area contributed by atoms with E-state index in [0.29, 0.717) is 24.5 Å². The molecule has 5 rings (SSSR count). The molecule has 1 N–H and O–H groups in total. The Labute approximate surface area is 209 Å². The van der Waals surface area contributed by atoms with Gasteiger partial charge in [0, 0.05) is 44.4 Å². The first-order chi connectivity index (χ1) is 17.6. The number of pyridine rings is 1. The third-order valence-electron chi connectivity index (χ3n) is 6.74. The number of fused-ring (bicyclic) bond motifs is 1. The van der Waals surface area contributed by atoms with Crippen LogP contribution in [-0.2, 0) is 11.3 Å². The molecule has 1 aliphatic rings. The third kappa shape index (κ3) is 4.69. The number of rotatable bonds is 8. The lowest BCUT2D eigenvalue weighted by Gasteiger charge is -2.40. The van der Waals surface area contributed by atoms with Crippen LogP contribution in [0, 0.1) is 6.92 Å². The summed E-state index contributed by atoms with van der Waals surface area (Å²) in [5.41, 5.74) is 3.48. The Hall–Kier alpha value is -3.76. The molecule has 10 heteroatoms. The number of H-pyrrole nitrogens is 1. The number of anilines is 1. The van der Waals surface area contributed by atoms with E-state index in [0.717, 1.165) is 54.1 Å². The second-order valence-electron chi connectivity index (χ2n) is 8.99. The molecule has 0 spiro atoms. The van der Waals surface area contributed by atoms with Gasteiger partial charge in [0.1, 0.15) is 11.8 Å². The minimum absolute atomic E-state index is 0.133. The van der Waals surface area contributed by atoms with Crippen LogP contribution < -0.4 is 15.2 Å². The lowest BCUT2D eigenvalue weighted by molar-refractivity contribution is 0.171. The number of aryl methyl sites for hydroxylation is 1. The monoisotopic (exact) mass is 489 g/mol. The van der Waals surface area contributed by atoms with Crippen molar-refractivity contribution in [2.75, 3.05) is 51.9 Å². The molecular weight excluding hydrogens is 458 g/mol. The molecule has 1 saturated heterocycles. The van der Waals surface area contributed by atoms with Crippen molar-refractivity contribution in [3.8, 4) is 5.75 Å². The lowest BCUT2D eigenvalue weighted by atomic mass is 10.0. The zero-order valence-corrected chi connectivity index (χ0v) is 20.8. The Kier molecular flexibility index (Phi) is 6.97. The van der Waals surface area contributed by atoms with Crippen molar-refractivity contribution in [2.45, 2.75) is 19.5 Å². The van der Waals surface area contributed by atoms with Crippen LogP contribution in [0.3, 0.4) is 0 Å². The first kappa shape index (κ1) is 24.0. The van der Waals surface area contributed by atoms with Gasteiger partial charge in [-0.3, -0.25) is 9.69 Å². The molecular formula is C26H31N7O3. The number of benzene rings is 2. The molecule has 0 radical (unpaired) electrons. The molecule has 1 atom stereocenters. The van der Waals surface area contributed by atoms with Gasteiger partial charge in [-0.25, -0.2) is 4.68 Å². The Morgan fingerprint density at radius 3 is 2.64 bits per heavy atom. The van der Waals surface area contributed by atoms with Crippen molar-refractivity contribution in [1.29, 1.82) is 0 Å². The average molecular weight is 490 g/mol. The summed E-state index contributed by atoms with van der Waals surface area (Å²) >= 11 is 0. The lowest BCUT2D eigenvalue weighted by Crippen LogP contribution is -2.49. The summed E-state index contributed by atoms with van der Waals surface area (Å²) in [4.78, 5) is 21.1. The van der Waals surface area contributed by atoms with Crippen LogP contribution in [0.25, 0.3) is 10.9 Å². The summed E-state index contributed by atoms with van der Waals surface area (Å²) in [6, 6.07) is 15.7. The van der Waals surface area contributed by atoms with E-state index in [-0.39, 0.29) is 5.56 Å². The number of aromatic nitrogens is 5. The van der Waals surface area contributed by atoms with E-state index in [2.05, 4.69) is 36.4 Å². The number of methoxy groups -OCH3 is 2. The quantitative estimate of drug-likeness (QED) is 0.403. The van der Waals surface area contributed by atoms with Crippen LogP contribution in [0.15, 0.2) is 53.3 Å². The van der Waals surface area contributed by atoms with Crippen molar-refractivity contribution in [1.82, 2.24) is 30.1 Å². The van der Waals surface area contributed by atoms with E-state index in [1.807, 2.05) is 49.4 Å². The normalized spacial score (nSPS) is 15.4. The minimum atomic E-state index is -0.397. The van der Waals surface area contributed by atoms with Crippen molar-refractivity contribution >= 4 is 16.6 Å². The molecule has 2 aromatic carbocycles. The number of para-hydroxylation sites is 2. The Morgan fingerprint density at radius 2 is 1.86 bits per heavy atom. The zero-order chi connectivity index (χ0) is 25.1. The van der Waals surface area contributed by atoms with Crippen LogP contribution in [0.2, 0.25) is 0 Å². The molecule has 0 bridgehead atoms. The number of hydrogen-bond acceptors (Lipinski definition) is 8. The van der Waals surface area contributed by atoms with Gasteiger partial charge in [-0.05, 0) is 52.6 Å². The zero-order valence-electron chi connectivity index (χ0n) is 20.8. The standard InChI is InChI=1S/C26H31N7O3/c1-18-8-9-19-17-20(26(34)27-21(19)16-18)24(25-28-29-30-33(25)14-15-35-2)32-12-10-31(11-13-32)22-6-4-5-7-23(22)36-3/h4-9,16-17,24H,10-15H2,1-3H3,(H,27,34)/t24-/m1/s1. The summed E-state index contributed by atoms with van der Waals surface area (Å²) in [5.74, 6) is 1.49. The molecule has 0 unspecified atom stereocenters. The van der Waals surface area contributed by atoms with E-state index < -0.39 is 6.04 Å². The Bertz CT molecular complexity index is 1390. The number of tetrazole rings is 1. The molecule has 36 heavy (non-hydrogen) atoms. The van der Waals surface area contributed by atoms with Crippen LogP contribution >= 0.6 is 0 Å². The van der Waals surface area contributed by atoms with Crippen molar-refractivity contribution in [2.24, 2.45) is 0 Å². The molecule has 1 fully saturated rings. The fraction of sp³-hybridized carbons (Fsp3) is 0.385. The SMILES string of the molecule is COCCn1nnnc1[C@@H](c1cc2ccc(C)cc2[nH]c1=O)N1CCN(c2ccccc2OC)CC1. The number of hydrogen-bond donors (Lipinski definition) is 1. The molecule has 0 saturated carbocycles. The van der Waals surface area contributed by atoms with Crippen LogP contribution in [0.5, 0.6) is 5.75 Å². The van der Waals surface area contributed by atoms with Gasteiger partial charge in [0.2, 0.25) is 0 Å². The highest BCUT2D eigenvalue weighted by Crippen LogP contribution is 2.32. The van der Waals surface area contributed by atoms with Gasteiger partial charge in [0.05, 0.1) is 25.9 Å². The maximum atomic E-state index is 13.4. The van der Waals surface area contributed by atoms with Crippen molar-refractivity contribution in [3.63, 3.8) is 0 Å². The highest BCUT2D eigenvalue weighted by atomic mass is 16.5. The molecule has 10 nitrogen and oxygen atoms in total. The molecule has 3 heterocycles. The summed E-state index contributed by atoms with van der Waals surface area (Å²) in [7, 11) is 3.34. The van der Waals surface area contributed by atoms with Gasteiger partial charge in [-0.1, -0.05) is 24.3 Å². The van der Waals surface area contributed by atoms with Crippen molar-refractivity contribution < 1.29 is 9.47 Å². The second kappa shape index (κ2) is 10.5. The number of ether oxygens (including phenoxy) is 2. The third-order valence-corrected chi connectivity index (χ3v) is 6.74. The molecule has 2 aromatic heterocycles. The Balaban J connectivity index is 1.51. The first-order valence-electron chi connectivity index (χ1n) is 12.1. The largest absolute Gasteiger partial charge is 0.495 e. The predicted molar refractivity (Wildman–Crippen MR) is 138 cm³/mol. The number of piperazine rings is 1. The van der Waals surface area contributed by atoms with E-state index in [1.165, 1.54) is 0 Å². The number of nitrogens with zero attached hydrogens (tertiary/aromatic N) is 6. The molecule has 4 aromatic rings. The highest BCUT2D eigenvalue weighted by Gasteiger charge is 2.33. The van der Waals surface area contributed by atoms with E-state index >= 15 is 0 Å². The predicted octanol–water partition coefficient (Wildman–Crippen LogP) is 2.39. The van der Waals surface area contributed by atoms with Gasteiger partial charge in [0.15, 0.2) is 5.82 Å². The maximum Gasteiger partial charge on any atom is 0.253 e.